The third-order valence-electron chi connectivity index (χ3n) is 6.00. The largest absolute Gasteiger partial charge is 0.508 e. The maximum Gasteiger partial charge on any atom is 0.259 e. The summed E-state index contributed by atoms with van der Waals surface area (Å²) in [6.07, 6.45) is 4.60. The van der Waals surface area contributed by atoms with Gasteiger partial charge in [-0.25, -0.2) is 4.99 Å². The summed E-state index contributed by atoms with van der Waals surface area (Å²) in [5, 5.41) is 14.1. The number of phenols is 1. The Bertz CT molecular complexity index is 1160. The zero-order valence-electron chi connectivity index (χ0n) is 18.5. The van der Waals surface area contributed by atoms with Crippen molar-refractivity contribution < 1.29 is 9.90 Å². The Balaban J connectivity index is 1.70. The van der Waals surface area contributed by atoms with Crippen molar-refractivity contribution in [3.63, 3.8) is 0 Å². The summed E-state index contributed by atoms with van der Waals surface area (Å²) < 4.78 is 0. The predicted molar refractivity (Wildman–Crippen MR) is 134 cm³/mol. The van der Waals surface area contributed by atoms with Crippen molar-refractivity contribution >= 4 is 45.7 Å². The number of nitrogens with zero attached hydrogens (tertiary/aromatic N) is 1. The first kappa shape index (κ1) is 22.6. The number of hydrogen-bond acceptors (Lipinski definition) is 4. The lowest BCUT2D eigenvalue weighted by Gasteiger charge is -2.33. The van der Waals surface area contributed by atoms with E-state index in [-0.39, 0.29) is 17.1 Å². The molecule has 166 valence electrons. The number of anilines is 1. The summed E-state index contributed by atoms with van der Waals surface area (Å²) in [4.78, 5) is 19.3. The number of nitrogens with one attached hydrogen (secondary N) is 1. The minimum atomic E-state index is -0.151. The molecule has 1 aliphatic carbocycles. The molecule has 1 atom stereocenters. The normalized spacial score (nSPS) is 16.2. The van der Waals surface area contributed by atoms with E-state index < -0.39 is 0 Å². The molecule has 0 aliphatic heterocycles. The lowest BCUT2D eigenvalue weighted by molar-refractivity contribution is 0.102. The van der Waals surface area contributed by atoms with Gasteiger partial charge in [0.05, 0.1) is 5.56 Å². The highest BCUT2D eigenvalue weighted by atomic mass is 35.5. The second-order valence-electron chi connectivity index (χ2n) is 9.30. The van der Waals surface area contributed by atoms with E-state index >= 15 is 0 Å². The fourth-order valence-corrected chi connectivity index (χ4v) is 5.50. The van der Waals surface area contributed by atoms with E-state index in [2.05, 4.69) is 31.1 Å². The van der Waals surface area contributed by atoms with Crippen molar-refractivity contribution in [2.45, 2.75) is 40.0 Å². The third-order valence-corrected chi connectivity index (χ3v) is 7.42. The second kappa shape index (κ2) is 9.08. The number of carbonyl (C=O) groups is 1. The topological polar surface area (TPSA) is 61.7 Å². The summed E-state index contributed by atoms with van der Waals surface area (Å²) in [5.74, 6) is 0.610. The zero-order valence-corrected chi connectivity index (χ0v) is 20.1. The number of aliphatic imine (C=N–C) groups is 1. The molecule has 3 aromatic rings. The van der Waals surface area contributed by atoms with Crippen LogP contribution in [-0.2, 0) is 12.8 Å². The van der Waals surface area contributed by atoms with Crippen LogP contribution in [-0.4, -0.2) is 17.2 Å². The maximum atomic E-state index is 13.3. The highest BCUT2D eigenvalue weighted by Gasteiger charge is 2.33. The average molecular weight is 467 g/mol. The van der Waals surface area contributed by atoms with Crippen molar-refractivity contribution in [3.8, 4) is 5.75 Å². The van der Waals surface area contributed by atoms with E-state index in [0.717, 1.165) is 30.4 Å². The van der Waals surface area contributed by atoms with Crippen LogP contribution in [0, 0.1) is 11.3 Å². The number of aromatic hydroxyl groups is 1. The van der Waals surface area contributed by atoms with Crippen molar-refractivity contribution in [2.24, 2.45) is 16.3 Å². The monoisotopic (exact) mass is 466 g/mol. The van der Waals surface area contributed by atoms with Gasteiger partial charge in [0.2, 0.25) is 0 Å². The molecule has 1 aliphatic rings. The van der Waals surface area contributed by atoms with Gasteiger partial charge in [-0.15, -0.1) is 11.3 Å². The van der Waals surface area contributed by atoms with E-state index in [9.17, 15) is 9.90 Å². The number of rotatable bonds is 4. The molecule has 2 aromatic carbocycles. The van der Waals surface area contributed by atoms with Crippen LogP contribution in [0.2, 0.25) is 5.02 Å². The van der Waals surface area contributed by atoms with E-state index in [0.29, 0.717) is 27.2 Å². The summed E-state index contributed by atoms with van der Waals surface area (Å²) in [6, 6.07) is 14.0. The molecule has 0 spiro atoms. The summed E-state index contributed by atoms with van der Waals surface area (Å²) in [7, 11) is 0. The van der Waals surface area contributed by atoms with Gasteiger partial charge in [0.1, 0.15) is 10.8 Å². The van der Waals surface area contributed by atoms with E-state index in [1.165, 1.54) is 4.88 Å². The van der Waals surface area contributed by atoms with E-state index in [1.807, 2.05) is 6.07 Å². The van der Waals surface area contributed by atoms with Crippen LogP contribution in [0.15, 0.2) is 53.5 Å². The van der Waals surface area contributed by atoms with Gasteiger partial charge in [0.25, 0.3) is 5.91 Å². The molecular formula is C26H27ClN2O2S. The number of hydrogen-bond donors (Lipinski definition) is 2. The van der Waals surface area contributed by atoms with Gasteiger partial charge in [-0.3, -0.25) is 4.79 Å². The molecule has 2 N–H and O–H groups in total. The first-order chi connectivity index (χ1) is 15.2. The smallest absolute Gasteiger partial charge is 0.259 e. The van der Waals surface area contributed by atoms with Crippen molar-refractivity contribution in [1.29, 1.82) is 0 Å². The van der Waals surface area contributed by atoms with Crippen LogP contribution >= 0.6 is 22.9 Å². The molecule has 0 saturated carbocycles. The Morgan fingerprint density at radius 3 is 2.66 bits per heavy atom. The lowest BCUT2D eigenvalue weighted by atomic mass is 9.72. The minimum Gasteiger partial charge on any atom is -0.508 e. The second-order valence-corrected chi connectivity index (χ2v) is 10.8. The van der Waals surface area contributed by atoms with Gasteiger partial charge in [-0.2, -0.15) is 0 Å². The first-order valence-corrected chi connectivity index (χ1v) is 11.9. The highest BCUT2D eigenvalue weighted by molar-refractivity contribution is 7.16. The standard InChI is InChI=1S/C26H27ClN2O2S/c1-26(2,3)17-7-12-21-22(14-17)32-25(28-15-16-5-4-6-20(30)13-16)23(21)24(31)29-19-10-8-18(27)9-11-19/h4-6,8-11,13,15,17,30H,7,12,14H2,1-3H3,(H,29,31)/t17-/m0/s1. The Labute approximate surface area is 198 Å². The van der Waals surface area contributed by atoms with Crippen LogP contribution in [0.25, 0.3) is 0 Å². The van der Waals surface area contributed by atoms with Crippen molar-refractivity contribution in [1.82, 2.24) is 0 Å². The molecule has 0 fully saturated rings. The molecule has 0 radical (unpaired) electrons. The van der Waals surface area contributed by atoms with Gasteiger partial charge in [-0.1, -0.05) is 44.5 Å². The molecule has 0 saturated heterocycles. The fourth-order valence-electron chi connectivity index (χ4n) is 4.10. The van der Waals surface area contributed by atoms with E-state index in [1.54, 1.807) is 60.0 Å². The molecule has 6 heteroatoms. The number of fused-ring (bicyclic) bond motifs is 1. The van der Waals surface area contributed by atoms with Crippen LogP contribution in [0.4, 0.5) is 10.7 Å². The first-order valence-electron chi connectivity index (χ1n) is 10.8. The highest BCUT2D eigenvalue weighted by Crippen LogP contribution is 2.45. The quantitative estimate of drug-likeness (QED) is 0.397. The molecule has 0 unspecified atom stereocenters. The molecule has 4 rings (SSSR count). The Morgan fingerprint density at radius 1 is 1.22 bits per heavy atom. The molecule has 1 amide bonds. The molecule has 4 nitrogen and oxygen atoms in total. The SMILES string of the molecule is CC(C)(C)[C@H]1CCc2c(sc(N=Cc3cccc(O)c3)c2C(=O)Nc2ccc(Cl)cc2)C1. The van der Waals surface area contributed by atoms with E-state index in [4.69, 9.17) is 11.6 Å². The van der Waals surface area contributed by atoms with Crippen molar-refractivity contribution in [2.75, 3.05) is 5.32 Å². The van der Waals surface area contributed by atoms with Gasteiger partial charge in [0.15, 0.2) is 0 Å². The summed E-state index contributed by atoms with van der Waals surface area (Å²) in [5.41, 5.74) is 3.48. The Kier molecular flexibility index (Phi) is 6.40. The van der Waals surface area contributed by atoms with Gasteiger partial charge < -0.3 is 10.4 Å². The van der Waals surface area contributed by atoms with Gasteiger partial charge >= 0.3 is 0 Å². The van der Waals surface area contributed by atoms with Crippen LogP contribution in [0.5, 0.6) is 5.75 Å². The van der Waals surface area contributed by atoms with Crippen LogP contribution in [0.3, 0.4) is 0 Å². The van der Waals surface area contributed by atoms with Crippen molar-refractivity contribution in [3.05, 3.63) is 75.1 Å². The number of thiophene rings is 1. The molecular weight excluding hydrogens is 440 g/mol. The minimum absolute atomic E-state index is 0.151. The lowest BCUT2D eigenvalue weighted by Crippen LogP contribution is -2.27. The van der Waals surface area contributed by atoms with Gasteiger partial charge in [-0.05, 0) is 78.1 Å². The molecule has 1 aromatic heterocycles. The van der Waals surface area contributed by atoms with Crippen LogP contribution < -0.4 is 5.32 Å². The summed E-state index contributed by atoms with van der Waals surface area (Å²) in [6.45, 7) is 6.85. The number of carbonyl (C=O) groups excluding carboxylic acids is 1. The van der Waals surface area contributed by atoms with Gasteiger partial charge in [0, 0.05) is 21.8 Å². The third kappa shape index (κ3) is 5.05. The number of phenolic OH excluding ortho intramolecular Hbond substituents is 1. The zero-order chi connectivity index (χ0) is 22.9. The number of benzene rings is 2. The molecule has 0 bridgehead atoms. The molecule has 1 heterocycles. The Hall–Kier alpha value is -2.63. The number of halogens is 1. The number of amides is 1. The molecule has 32 heavy (non-hydrogen) atoms. The Morgan fingerprint density at radius 2 is 1.97 bits per heavy atom. The fraction of sp³-hybridized carbons (Fsp3) is 0.308. The maximum absolute atomic E-state index is 13.3. The average Bonchev–Trinajstić information content (AvgIpc) is 3.11. The predicted octanol–water partition coefficient (Wildman–Crippen LogP) is 7.26. The summed E-state index contributed by atoms with van der Waals surface area (Å²) >= 11 is 7.59. The van der Waals surface area contributed by atoms with Crippen LogP contribution in [0.1, 0.15) is 53.6 Å².